The van der Waals surface area contributed by atoms with E-state index in [0.717, 1.165) is 74.1 Å². The van der Waals surface area contributed by atoms with E-state index in [1.807, 2.05) is 25.1 Å². The Bertz CT molecular complexity index is 1110. The van der Waals surface area contributed by atoms with Gasteiger partial charge in [0.1, 0.15) is 17.4 Å². The third-order valence-corrected chi connectivity index (χ3v) is 6.62. The molecule has 7 heteroatoms. The first kappa shape index (κ1) is 20.7. The quantitative estimate of drug-likeness (QED) is 0.669. The van der Waals surface area contributed by atoms with Crippen LogP contribution in [0.2, 0.25) is 0 Å². The summed E-state index contributed by atoms with van der Waals surface area (Å²) >= 11 is 0. The molecule has 1 amide bonds. The van der Waals surface area contributed by atoms with Crippen molar-refractivity contribution in [2.45, 2.75) is 39.2 Å². The van der Waals surface area contributed by atoms with Crippen molar-refractivity contribution in [1.82, 2.24) is 19.7 Å². The topological polar surface area (TPSA) is 72.3 Å². The van der Waals surface area contributed by atoms with Crippen LogP contribution in [0, 0.1) is 12.8 Å². The fraction of sp³-hybridized carbons (Fsp3) is 0.400. The summed E-state index contributed by atoms with van der Waals surface area (Å²) in [5.41, 5.74) is 4.50. The number of likely N-dealkylation sites (tertiary alicyclic amines) is 1. The number of aromatic nitrogens is 3. The molecule has 2 aliphatic heterocycles. The van der Waals surface area contributed by atoms with E-state index in [9.17, 15) is 4.79 Å². The molecule has 1 saturated heterocycles. The number of fused-ring (bicyclic) bond motifs is 3. The Morgan fingerprint density at radius 3 is 2.62 bits per heavy atom. The summed E-state index contributed by atoms with van der Waals surface area (Å²) in [4.78, 5) is 15.3. The fourth-order valence-corrected chi connectivity index (χ4v) is 4.80. The molecule has 0 atom stereocenters. The van der Waals surface area contributed by atoms with Gasteiger partial charge in [-0.25, -0.2) is 0 Å². The van der Waals surface area contributed by atoms with Gasteiger partial charge in [-0.3, -0.25) is 14.3 Å². The molecule has 0 unspecified atom stereocenters. The molecular formula is C25H29N5O2. The summed E-state index contributed by atoms with van der Waals surface area (Å²) in [5, 5.41) is 11.6. The maximum absolute atomic E-state index is 12.9. The van der Waals surface area contributed by atoms with E-state index >= 15 is 0 Å². The molecule has 3 heterocycles. The zero-order valence-corrected chi connectivity index (χ0v) is 18.7. The monoisotopic (exact) mass is 431 g/mol. The molecule has 1 N–H and O–H groups in total. The van der Waals surface area contributed by atoms with Crippen molar-refractivity contribution in [3.63, 3.8) is 0 Å². The largest absolute Gasteiger partial charge is 0.497 e. The summed E-state index contributed by atoms with van der Waals surface area (Å²) in [6.07, 6.45) is 3.56. The van der Waals surface area contributed by atoms with Crippen LogP contribution in [0.1, 0.15) is 35.6 Å². The number of hydrogen-bond donors (Lipinski definition) is 1. The number of methoxy groups -OCH3 is 1. The molecule has 7 nitrogen and oxygen atoms in total. The molecule has 5 rings (SSSR count). The number of carbonyl (C=O) groups is 1. The van der Waals surface area contributed by atoms with Gasteiger partial charge in [0.05, 0.1) is 12.8 Å². The lowest BCUT2D eigenvalue weighted by atomic mass is 9.95. The number of nitrogens with one attached hydrogen (secondary N) is 1. The minimum Gasteiger partial charge on any atom is -0.497 e. The Kier molecular flexibility index (Phi) is 5.66. The molecule has 0 aliphatic carbocycles. The van der Waals surface area contributed by atoms with Crippen LogP contribution in [0.3, 0.4) is 0 Å². The van der Waals surface area contributed by atoms with E-state index in [0.29, 0.717) is 0 Å². The van der Waals surface area contributed by atoms with Crippen molar-refractivity contribution in [3.05, 3.63) is 65.2 Å². The second-order valence-corrected chi connectivity index (χ2v) is 8.73. The number of ether oxygens (including phenoxy) is 1. The highest BCUT2D eigenvalue weighted by Crippen LogP contribution is 2.28. The summed E-state index contributed by atoms with van der Waals surface area (Å²) in [5.74, 6) is 2.98. The summed E-state index contributed by atoms with van der Waals surface area (Å²) < 4.78 is 7.35. The number of anilines is 1. The van der Waals surface area contributed by atoms with Gasteiger partial charge in [0.2, 0.25) is 5.91 Å². The Morgan fingerprint density at radius 2 is 1.88 bits per heavy atom. The predicted molar refractivity (Wildman–Crippen MR) is 123 cm³/mol. The average molecular weight is 432 g/mol. The number of nitrogens with zero attached hydrogens (tertiary/aromatic N) is 4. The van der Waals surface area contributed by atoms with E-state index in [4.69, 9.17) is 4.74 Å². The lowest BCUT2D eigenvalue weighted by Crippen LogP contribution is -2.37. The van der Waals surface area contributed by atoms with E-state index < -0.39 is 0 Å². The SMILES string of the molecule is COc1ccc(CN2CCC(C(=O)Nc3ccc4c(c3)CCc3nnc(C)n3-4)CC2)cc1. The average Bonchev–Trinajstić information content (AvgIpc) is 3.21. The Hall–Kier alpha value is -3.19. The van der Waals surface area contributed by atoms with Gasteiger partial charge in [-0.2, -0.15) is 0 Å². The summed E-state index contributed by atoms with van der Waals surface area (Å²) in [6.45, 7) is 4.75. The van der Waals surface area contributed by atoms with Crippen LogP contribution in [0.25, 0.3) is 5.69 Å². The van der Waals surface area contributed by atoms with Crippen LogP contribution in [-0.4, -0.2) is 45.8 Å². The van der Waals surface area contributed by atoms with Gasteiger partial charge in [0, 0.05) is 24.6 Å². The first-order chi connectivity index (χ1) is 15.6. The molecule has 2 aliphatic rings. The van der Waals surface area contributed by atoms with Crippen LogP contribution in [0.4, 0.5) is 5.69 Å². The zero-order valence-electron chi connectivity index (χ0n) is 18.7. The first-order valence-electron chi connectivity index (χ1n) is 11.3. The molecular weight excluding hydrogens is 402 g/mol. The number of piperidine rings is 1. The van der Waals surface area contributed by atoms with E-state index in [1.54, 1.807) is 7.11 Å². The highest BCUT2D eigenvalue weighted by Gasteiger charge is 2.26. The van der Waals surface area contributed by atoms with Crippen molar-refractivity contribution in [2.75, 3.05) is 25.5 Å². The molecule has 1 aromatic heterocycles. The number of amides is 1. The smallest absolute Gasteiger partial charge is 0.227 e. The predicted octanol–water partition coefficient (Wildman–Crippen LogP) is 3.53. The normalized spacial score (nSPS) is 16.3. The number of carbonyl (C=O) groups excluding carboxylic acids is 1. The van der Waals surface area contributed by atoms with Crippen LogP contribution in [-0.2, 0) is 24.2 Å². The minimum atomic E-state index is 0.0600. The fourth-order valence-electron chi connectivity index (χ4n) is 4.80. The van der Waals surface area contributed by atoms with Gasteiger partial charge < -0.3 is 10.1 Å². The van der Waals surface area contributed by atoms with Gasteiger partial charge in [0.25, 0.3) is 0 Å². The Morgan fingerprint density at radius 1 is 1.09 bits per heavy atom. The Balaban J connectivity index is 1.17. The van der Waals surface area contributed by atoms with Crippen molar-refractivity contribution in [3.8, 4) is 11.4 Å². The van der Waals surface area contributed by atoms with E-state index in [1.165, 1.54) is 11.1 Å². The highest BCUT2D eigenvalue weighted by molar-refractivity contribution is 5.92. The Labute approximate surface area is 188 Å². The van der Waals surface area contributed by atoms with Gasteiger partial charge >= 0.3 is 0 Å². The number of rotatable bonds is 5. The molecule has 0 bridgehead atoms. The van der Waals surface area contributed by atoms with Crippen molar-refractivity contribution < 1.29 is 9.53 Å². The molecule has 0 radical (unpaired) electrons. The van der Waals surface area contributed by atoms with Crippen LogP contribution in [0.5, 0.6) is 5.75 Å². The molecule has 3 aromatic rings. The minimum absolute atomic E-state index is 0.0600. The van der Waals surface area contributed by atoms with Gasteiger partial charge in [0.15, 0.2) is 0 Å². The highest BCUT2D eigenvalue weighted by atomic mass is 16.5. The standard InChI is InChI=1S/C25H29N5O2/c1-17-27-28-24-10-5-20-15-21(6-9-23(20)30(17)24)26-25(31)19-11-13-29(14-12-19)16-18-3-7-22(32-2)8-4-18/h3-4,6-9,15,19H,5,10-14,16H2,1-2H3,(H,26,31). The second-order valence-electron chi connectivity index (χ2n) is 8.73. The lowest BCUT2D eigenvalue weighted by molar-refractivity contribution is -0.121. The summed E-state index contributed by atoms with van der Waals surface area (Å²) in [6, 6.07) is 14.4. The van der Waals surface area contributed by atoms with E-state index in [2.05, 4.69) is 49.2 Å². The molecule has 166 valence electrons. The lowest BCUT2D eigenvalue weighted by Gasteiger charge is -2.31. The number of benzene rings is 2. The number of hydrogen-bond acceptors (Lipinski definition) is 5. The van der Waals surface area contributed by atoms with Gasteiger partial charge in [-0.05, 0) is 80.7 Å². The van der Waals surface area contributed by atoms with Crippen molar-refractivity contribution >= 4 is 11.6 Å². The zero-order chi connectivity index (χ0) is 22.1. The summed E-state index contributed by atoms with van der Waals surface area (Å²) in [7, 11) is 1.68. The number of aryl methyl sites for hydroxylation is 3. The second kappa shape index (κ2) is 8.74. The van der Waals surface area contributed by atoms with E-state index in [-0.39, 0.29) is 11.8 Å². The molecule has 2 aromatic carbocycles. The maximum atomic E-state index is 12.9. The molecule has 0 saturated carbocycles. The van der Waals surface area contributed by atoms with Gasteiger partial charge in [-0.1, -0.05) is 12.1 Å². The maximum Gasteiger partial charge on any atom is 0.227 e. The van der Waals surface area contributed by atoms with Crippen LogP contribution >= 0.6 is 0 Å². The van der Waals surface area contributed by atoms with Crippen LogP contribution < -0.4 is 10.1 Å². The molecule has 1 fully saturated rings. The van der Waals surface area contributed by atoms with Crippen molar-refractivity contribution in [2.24, 2.45) is 5.92 Å². The molecule has 32 heavy (non-hydrogen) atoms. The third kappa shape index (κ3) is 4.12. The van der Waals surface area contributed by atoms with Gasteiger partial charge in [-0.15, -0.1) is 10.2 Å². The van der Waals surface area contributed by atoms with Crippen LogP contribution in [0.15, 0.2) is 42.5 Å². The van der Waals surface area contributed by atoms with Crippen molar-refractivity contribution in [1.29, 1.82) is 0 Å². The molecule has 0 spiro atoms. The third-order valence-electron chi connectivity index (χ3n) is 6.62. The first-order valence-corrected chi connectivity index (χ1v) is 11.3.